The van der Waals surface area contributed by atoms with Gasteiger partial charge in [-0.1, -0.05) is 15.9 Å². The summed E-state index contributed by atoms with van der Waals surface area (Å²) in [5.74, 6) is 0.705. The van der Waals surface area contributed by atoms with E-state index < -0.39 is 0 Å². The molecule has 24 heavy (non-hydrogen) atoms. The van der Waals surface area contributed by atoms with Gasteiger partial charge in [0.1, 0.15) is 5.75 Å². The van der Waals surface area contributed by atoms with Crippen LogP contribution in [0.25, 0.3) is 11.8 Å². The van der Waals surface area contributed by atoms with E-state index in [2.05, 4.69) is 15.9 Å². The van der Waals surface area contributed by atoms with Crippen LogP contribution in [0, 0.1) is 0 Å². The zero-order valence-corrected chi connectivity index (χ0v) is 14.7. The molecule has 3 aromatic rings. The van der Waals surface area contributed by atoms with Crippen molar-refractivity contribution < 1.29 is 9.53 Å². The number of ether oxygens (including phenoxy) is 1. The summed E-state index contributed by atoms with van der Waals surface area (Å²) in [4.78, 5) is 12.2. The molecule has 0 spiro atoms. The Morgan fingerprint density at radius 3 is 2.42 bits per heavy atom. The second-order valence-electron chi connectivity index (χ2n) is 5.25. The van der Waals surface area contributed by atoms with Gasteiger partial charge >= 0.3 is 0 Å². The highest BCUT2D eigenvalue weighted by Gasteiger charge is 2.02. The van der Waals surface area contributed by atoms with Crippen molar-refractivity contribution in [3.63, 3.8) is 0 Å². The fraction of sp³-hybridized carbons (Fsp3) is 0.0500. The van der Waals surface area contributed by atoms with E-state index in [0.29, 0.717) is 5.56 Å². The van der Waals surface area contributed by atoms with Crippen LogP contribution in [0.2, 0.25) is 0 Å². The van der Waals surface area contributed by atoms with Gasteiger partial charge in [-0.15, -0.1) is 0 Å². The van der Waals surface area contributed by atoms with Crippen LogP contribution in [0.15, 0.2) is 77.5 Å². The number of rotatable bonds is 5. The molecule has 0 amide bonds. The number of aromatic nitrogens is 1. The van der Waals surface area contributed by atoms with Gasteiger partial charge in [0.2, 0.25) is 0 Å². The van der Waals surface area contributed by atoms with Crippen molar-refractivity contribution >= 4 is 27.8 Å². The Labute approximate surface area is 149 Å². The largest absolute Gasteiger partial charge is 0.497 e. The lowest BCUT2D eigenvalue weighted by Gasteiger charge is -2.01. The fourth-order valence-electron chi connectivity index (χ4n) is 2.31. The highest BCUT2D eigenvalue weighted by Crippen LogP contribution is 2.16. The number of carbonyl (C=O) groups is 1. The van der Waals surface area contributed by atoms with Crippen molar-refractivity contribution in [3.05, 3.63) is 88.7 Å². The summed E-state index contributed by atoms with van der Waals surface area (Å²) >= 11 is 3.43. The number of halogens is 1. The Bertz CT molecular complexity index is 861. The topological polar surface area (TPSA) is 31.2 Å². The molecule has 0 saturated heterocycles. The van der Waals surface area contributed by atoms with Gasteiger partial charge in [0.05, 0.1) is 7.11 Å². The summed E-state index contributed by atoms with van der Waals surface area (Å²) in [6.45, 7) is 0. The zero-order valence-electron chi connectivity index (χ0n) is 13.1. The van der Waals surface area contributed by atoms with E-state index in [1.54, 1.807) is 37.5 Å². The van der Waals surface area contributed by atoms with Crippen molar-refractivity contribution in [2.45, 2.75) is 0 Å². The molecule has 0 atom stereocenters. The van der Waals surface area contributed by atoms with Crippen LogP contribution in [-0.4, -0.2) is 17.5 Å². The first-order valence-corrected chi connectivity index (χ1v) is 8.25. The minimum Gasteiger partial charge on any atom is -0.497 e. The number of nitrogens with zero attached hydrogens (tertiary/aromatic N) is 1. The lowest BCUT2D eigenvalue weighted by Crippen LogP contribution is -1.94. The second-order valence-corrected chi connectivity index (χ2v) is 6.17. The highest BCUT2D eigenvalue weighted by atomic mass is 79.9. The molecular formula is C20H16BrNO2. The lowest BCUT2D eigenvalue weighted by molar-refractivity contribution is 0.104. The van der Waals surface area contributed by atoms with Crippen LogP contribution in [0.5, 0.6) is 5.75 Å². The molecule has 0 aliphatic carbocycles. The predicted molar refractivity (Wildman–Crippen MR) is 99.8 cm³/mol. The van der Waals surface area contributed by atoms with E-state index in [1.165, 1.54) is 0 Å². The molecule has 1 aromatic heterocycles. The molecule has 3 nitrogen and oxygen atoms in total. The van der Waals surface area contributed by atoms with E-state index in [1.807, 2.05) is 53.4 Å². The van der Waals surface area contributed by atoms with Crippen molar-refractivity contribution in [3.8, 4) is 11.4 Å². The van der Waals surface area contributed by atoms with Crippen LogP contribution < -0.4 is 4.74 Å². The molecule has 0 aliphatic rings. The molecule has 0 N–H and O–H groups in total. The van der Waals surface area contributed by atoms with Crippen LogP contribution in [0.3, 0.4) is 0 Å². The molecule has 0 aliphatic heterocycles. The number of ketones is 1. The summed E-state index contributed by atoms with van der Waals surface area (Å²) in [7, 11) is 1.60. The molecule has 0 unspecified atom stereocenters. The normalized spacial score (nSPS) is 10.9. The molecule has 0 bridgehead atoms. The van der Waals surface area contributed by atoms with Crippen LogP contribution >= 0.6 is 15.9 Å². The van der Waals surface area contributed by atoms with Gasteiger partial charge in [0, 0.05) is 28.1 Å². The summed E-state index contributed by atoms with van der Waals surface area (Å²) in [5.41, 5.74) is 2.68. The third-order valence-electron chi connectivity index (χ3n) is 3.64. The van der Waals surface area contributed by atoms with E-state index in [9.17, 15) is 4.79 Å². The predicted octanol–water partition coefficient (Wildman–Crippen LogP) is 5.14. The van der Waals surface area contributed by atoms with Gasteiger partial charge in [0.15, 0.2) is 5.78 Å². The van der Waals surface area contributed by atoms with Gasteiger partial charge < -0.3 is 9.30 Å². The van der Waals surface area contributed by atoms with Crippen molar-refractivity contribution in [2.75, 3.05) is 7.11 Å². The third-order valence-corrected chi connectivity index (χ3v) is 4.17. The Morgan fingerprint density at radius 2 is 1.75 bits per heavy atom. The standard InChI is InChI=1S/C20H16BrNO2/c1-24-19-9-3-16(4-10-19)20(23)11-2-15-12-13-22(14-15)18-7-5-17(21)6-8-18/h2-14H,1H3. The summed E-state index contributed by atoms with van der Waals surface area (Å²) in [6.07, 6.45) is 7.37. The highest BCUT2D eigenvalue weighted by molar-refractivity contribution is 9.10. The number of allylic oxidation sites excluding steroid dienone is 1. The molecule has 0 saturated carbocycles. The van der Waals surface area contributed by atoms with Crippen LogP contribution in [-0.2, 0) is 0 Å². The smallest absolute Gasteiger partial charge is 0.185 e. The minimum atomic E-state index is -0.0333. The van der Waals surface area contributed by atoms with Gasteiger partial charge in [-0.05, 0) is 72.3 Å². The maximum absolute atomic E-state index is 12.2. The SMILES string of the molecule is COc1ccc(C(=O)C=Cc2ccn(-c3ccc(Br)cc3)c2)cc1. The van der Waals surface area contributed by atoms with Crippen molar-refractivity contribution in [1.82, 2.24) is 4.57 Å². The molecule has 0 radical (unpaired) electrons. The van der Waals surface area contributed by atoms with Gasteiger partial charge in [-0.2, -0.15) is 0 Å². The monoisotopic (exact) mass is 381 g/mol. The van der Waals surface area contributed by atoms with E-state index in [-0.39, 0.29) is 5.78 Å². The molecule has 4 heteroatoms. The number of hydrogen-bond donors (Lipinski definition) is 0. The van der Waals surface area contributed by atoms with Crippen LogP contribution in [0.1, 0.15) is 15.9 Å². The Morgan fingerprint density at radius 1 is 1.04 bits per heavy atom. The quantitative estimate of drug-likeness (QED) is 0.452. The number of hydrogen-bond acceptors (Lipinski definition) is 2. The van der Waals surface area contributed by atoms with E-state index in [0.717, 1.165) is 21.5 Å². The number of carbonyl (C=O) groups excluding carboxylic acids is 1. The number of methoxy groups -OCH3 is 1. The van der Waals surface area contributed by atoms with E-state index >= 15 is 0 Å². The lowest BCUT2D eigenvalue weighted by atomic mass is 10.1. The summed E-state index contributed by atoms with van der Waals surface area (Å²) in [6, 6.07) is 17.1. The average molecular weight is 382 g/mol. The minimum absolute atomic E-state index is 0.0333. The Kier molecular flexibility index (Phi) is 4.96. The first-order valence-electron chi connectivity index (χ1n) is 7.46. The van der Waals surface area contributed by atoms with Crippen molar-refractivity contribution in [2.24, 2.45) is 0 Å². The summed E-state index contributed by atoms with van der Waals surface area (Å²) in [5, 5.41) is 0. The average Bonchev–Trinajstić information content (AvgIpc) is 3.09. The van der Waals surface area contributed by atoms with Gasteiger partial charge in [0.25, 0.3) is 0 Å². The van der Waals surface area contributed by atoms with Gasteiger partial charge in [-0.25, -0.2) is 0 Å². The molecule has 2 aromatic carbocycles. The maximum atomic E-state index is 12.2. The Balaban J connectivity index is 1.72. The maximum Gasteiger partial charge on any atom is 0.185 e. The van der Waals surface area contributed by atoms with Crippen molar-refractivity contribution in [1.29, 1.82) is 0 Å². The van der Waals surface area contributed by atoms with E-state index in [4.69, 9.17) is 4.74 Å². The first-order chi connectivity index (χ1) is 11.7. The zero-order chi connectivity index (χ0) is 16.9. The molecule has 0 fully saturated rings. The molecule has 1 heterocycles. The first kappa shape index (κ1) is 16.3. The third kappa shape index (κ3) is 3.84. The molecule has 120 valence electrons. The Hall–Kier alpha value is -2.59. The summed E-state index contributed by atoms with van der Waals surface area (Å²) < 4.78 is 8.16. The fourth-order valence-corrected chi connectivity index (χ4v) is 2.57. The second kappa shape index (κ2) is 7.32. The number of benzene rings is 2. The molecule has 3 rings (SSSR count). The van der Waals surface area contributed by atoms with Gasteiger partial charge in [-0.3, -0.25) is 4.79 Å². The molecular weight excluding hydrogens is 366 g/mol. The van der Waals surface area contributed by atoms with Crippen LogP contribution in [0.4, 0.5) is 0 Å².